The molecule has 5 fully saturated rings. The van der Waals surface area contributed by atoms with Crippen LogP contribution in [0.2, 0.25) is 0 Å². The summed E-state index contributed by atoms with van der Waals surface area (Å²) in [4.78, 5) is 12.1. The van der Waals surface area contributed by atoms with Crippen molar-refractivity contribution in [1.82, 2.24) is 0 Å². The first-order valence-corrected chi connectivity index (χ1v) is 10.2. The van der Waals surface area contributed by atoms with E-state index in [-0.39, 0.29) is 35.9 Å². The second kappa shape index (κ2) is 10.4. The standard InChI is InChI=1S/C18H23O7.C5H5.Fe/c1-17(2)22-12-11(9-20-15(19)10-7-5-6-8-10)21-16-14(13(12)23-17)24-18(3,4)25-16;1-2-4-5-3-1;/h5-8,11-14,16H,9H2,1-4H3;1-5H;/q;;+2/t11-,12+,13+,14-,16-;;/m1../s1. The fourth-order valence-electron chi connectivity index (χ4n) is 3.90. The molecule has 0 aromatic heterocycles. The molecular formula is C23H28FeO7+2. The Bertz CT molecular complexity index is 593. The molecule has 0 spiro atoms. The molecule has 0 unspecified atom stereocenters. The zero-order valence-corrected chi connectivity index (χ0v) is 19.1. The average molecular weight is 472 g/mol. The van der Waals surface area contributed by atoms with E-state index in [0.29, 0.717) is 5.92 Å². The van der Waals surface area contributed by atoms with E-state index in [1.807, 2.05) is 59.8 Å². The number of carbonyl (C=O) groups excluding carboxylic acids is 1. The molecule has 2 aliphatic carbocycles. The molecule has 0 amide bonds. The first-order valence-electron chi connectivity index (χ1n) is 10.2. The number of ether oxygens (including phenoxy) is 6. The van der Waals surface area contributed by atoms with Crippen molar-refractivity contribution in [2.24, 2.45) is 0 Å². The average Bonchev–Trinajstić information content (AvgIpc) is 3.45. The van der Waals surface area contributed by atoms with Gasteiger partial charge in [0.2, 0.25) is 0 Å². The summed E-state index contributed by atoms with van der Waals surface area (Å²) in [6.45, 7) is 7.39. The molecule has 0 N–H and O–H groups in total. The molecule has 0 aromatic carbocycles. The molecule has 2 saturated carbocycles. The maximum Gasteiger partial charge on any atom is 2.00 e. The van der Waals surface area contributed by atoms with Crippen molar-refractivity contribution in [3.05, 3.63) is 63.7 Å². The summed E-state index contributed by atoms with van der Waals surface area (Å²) in [5.41, 5.74) is 0. The molecule has 7 nitrogen and oxygen atoms in total. The van der Waals surface area contributed by atoms with Crippen molar-refractivity contribution in [2.75, 3.05) is 6.61 Å². The molecular weight excluding hydrogens is 444 g/mol. The summed E-state index contributed by atoms with van der Waals surface area (Å²) in [7, 11) is 0. The molecule has 3 aliphatic heterocycles. The molecule has 0 bridgehead atoms. The first-order chi connectivity index (χ1) is 14.2. The Labute approximate surface area is 196 Å². The van der Waals surface area contributed by atoms with Crippen molar-refractivity contribution < 1.29 is 50.3 Å². The molecule has 5 rings (SSSR count). The van der Waals surface area contributed by atoms with Gasteiger partial charge in [-0.15, -0.1) is 0 Å². The second-order valence-corrected chi connectivity index (χ2v) is 8.44. The van der Waals surface area contributed by atoms with Crippen molar-refractivity contribution in [2.45, 2.75) is 70.0 Å². The summed E-state index contributed by atoms with van der Waals surface area (Å²) in [5, 5.41) is 0. The Kier molecular flexibility index (Phi) is 8.50. The number of hydrogen-bond acceptors (Lipinski definition) is 7. The normalized spacial score (nSPS) is 37.9. The summed E-state index contributed by atoms with van der Waals surface area (Å²) in [6.07, 6.45) is 14.8. The van der Waals surface area contributed by atoms with E-state index in [1.165, 1.54) is 0 Å². The summed E-state index contributed by atoms with van der Waals surface area (Å²) >= 11 is 0. The Morgan fingerprint density at radius 3 is 1.94 bits per heavy atom. The van der Waals surface area contributed by atoms with Crippen molar-refractivity contribution >= 4 is 5.97 Å². The van der Waals surface area contributed by atoms with E-state index >= 15 is 0 Å². The Hall–Kier alpha value is -0.211. The second-order valence-electron chi connectivity index (χ2n) is 8.44. The third kappa shape index (κ3) is 6.23. The fourth-order valence-corrected chi connectivity index (χ4v) is 3.90. The topological polar surface area (TPSA) is 72.5 Å². The Balaban J connectivity index is 0.000000401. The van der Waals surface area contributed by atoms with Gasteiger partial charge in [-0.05, 0) is 85.5 Å². The van der Waals surface area contributed by atoms with E-state index in [9.17, 15) is 4.79 Å². The van der Waals surface area contributed by atoms with Gasteiger partial charge in [0.1, 0.15) is 31.0 Å². The number of fused-ring (bicyclic) bond motifs is 3. The van der Waals surface area contributed by atoms with E-state index < -0.39 is 36.0 Å². The van der Waals surface area contributed by atoms with Crippen molar-refractivity contribution in [3.8, 4) is 0 Å². The van der Waals surface area contributed by atoms with Crippen LogP contribution in [0.4, 0.5) is 0 Å². The van der Waals surface area contributed by atoms with Crippen LogP contribution in [-0.2, 0) is 50.3 Å². The molecule has 10 radical (unpaired) electrons. The summed E-state index contributed by atoms with van der Waals surface area (Å²) in [6, 6.07) is 0. The maximum atomic E-state index is 12.1. The number of esters is 1. The van der Waals surface area contributed by atoms with Crippen LogP contribution >= 0.6 is 0 Å². The van der Waals surface area contributed by atoms with Gasteiger partial charge < -0.3 is 28.4 Å². The zero-order chi connectivity index (χ0) is 21.4. The Morgan fingerprint density at radius 2 is 1.32 bits per heavy atom. The molecule has 5 aliphatic rings. The Morgan fingerprint density at radius 1 is 0.806 bits per heavy atom. The van der Waals surface area contributed by atoms with Gasteiger partial charge in [0.15, 0.2) is 17.9 Å². The third-order valence-corrected chi connectivity index (χ3v) is 5.08. The van der Waals surface area contributed by atoms with E-state index in [2.05, 4.69) is 0 Å². The molecule has 8 heteroatoms. The van der Waals surface area contributed by atoms with Crippen LogP contribution in [0.5, 0.6) is 0 Å². The van der Waals surface area contributed by atoms with Crippen LogP contribution in [0.3, 0.4) is 0 Å². The van der Waals surface area contributed by atoms with Gasteiger partial charge >= 0.3 is 23.0 Å². The smallest absolute Gasteiger partial charge is 0.462 e. The molecule has 168 valence electrons. The van der Waals surface area contributed by atoms with Gasteiger partial charge in [-0.2, -0.15) is 0 Å². The van der Waals surface area contributed by atoms with Crippen LogP contribution in [-0.4, -0.2) is 54.9 Å². The summed E-state index contributed by atoms with van der Waals surface area (Å²) < 4.78 is 35.2. The van der Waals surface area contributed by atoms with Gasteiger partial charge in [0, 0.05) is 0 Å². The molecule has 0 aromatic rings. The van der Waals surface area contributed by atoms with Crippen molar-refractivity contribution in [1.29, 1.82) is 0 Å². The number of hydrogen-bond donors (Lipinski definition) is 0. The number of carbonyl (C=O) groups is 1. The predicted octanol–water partition coefficient (Wildman–Crippen LogP) is 2.35. The quantitative estimate of drug-likeness (QED) is 0.461. The minimum Gasteiger partial charge on any atom is -0.462 e. The minimum atomic E-state index is -0.767. The third-order valence-electron chi connectivity index (χ3n) is 5.08. The SMILES string of the molecule is CC1(C)O[C@H]2[C@@H](O1)[C@@H](COC(=O)[C]1[CH][CH][CH][CH]1)O[C@@H]1OC(C)(C)O[C@@H]12.[CH]1[CH][CH][CH][CH]1.[Fe+2]. The van der Waals surface area contributed by atoms with Gasteiger partial charge in [-0.1, -0.05) is 0 Å². The minimum absolute atomic E-state index is 0. The van der Waals surface area contributed by atoms with Gasteiger partial charge in [0.25, 0.3) is 0 Å². The molecule has 31 heavy (non-hydrogen) atoms. The van der Waals surface area contributed by atoms with Crippen LogP contribution in [0, 0.1) is 63.7 Å². The summed E-state index contributed by atoms with van der Waals surface area (Å²) in [5.74, 6) is -1.42. The van der Waals surface area contributed by atoms with E-state index in [0.717, 1.165) is 0 Å². The number of rotatable bonds is 3. The van der Waals surface area contributed by atoms with Crippen molar-refractivity contribution in [3.63, 3.8) is 0 Å². The van der Waals surface area contributed by atoms with E-state index in [1.54, 1.807) is 25.7 Å². The van der Waals surface area contributed by atoms with Crippen LogP contribution < -0.4 is 0 Å². The predicted molar refractivity (Wildman–Crippen MR) is 105 cm³/mol. The van der Waals surface area contributed by atoms with E-state index in [4.69, 9.17) is 28.4 Å². The van der Waals surface area contributed by atoms with Gasteiger partial charge in [0.05, 0.1) is 5.92 Å². The zero-order valence-electron chi connectivity index (χ0n) is 18.0. The van der Waals surface area contributed by atoms with Crippen LogP contribution in [0.1, 0.15) is 27.7 Å². The largest absolute Gasteiger partial charge is 2.00 e. The van der Waals surface area contributed by atoms with Crippen LogP contribution in [0.25, 0.3) is 0 Å². The van der Waals surface area contributed by atoms with Gasteiger partial charge in [-0.3, -0.25) is 4.79 Å². The fraction of sp³-hybridized carbons (Fsp3) is 0.522. The monoisotopic (exact) mass is 472 g/mol. The maximum absolute atomic E-state index is 12.1. The molecule has 5 atom stereocenters. The molecule has 3 saturated heterocycles. The molecule has 3 heterocycles. The van der Waals surface area contributed by atoms with Gasteiger partial charge in [-0.25, -0.2) is 0 Å². The first kappa shape index (κ1) is 25.4. The van der Waals surface area contributed by atoms with Crippen LogP contribution in [0.15, 0.2) is 0 Å².